The van der Waals surface area contributed by atoms with Crippen LogP contribution in [0.25, 0.3) is 0 Å². The molecule has 27 heavy (non-hydrogen) atoms. The molecule has 5 heteroatoms. The Kier molecular flexibility index (Phi) is 6.22. The number of aromatic nitrogens is 2. The number of rotatable bonds is 5. The zero-order chi connectivity index (χ0) is 19.3. The fraction of sp³-hybridized carbons (Fsp3) is 0.500. The van der Waals surface area contributed by atoms with Crippen molar-refractivity contribution in [2.45, 2.75) is 46.2 Å². The van der Waals surface area contributed by atoms with E-state index in [1.807, 2.05) is 63.5 Å². The number of pyridine rings is 2. The van der Waals surface area contributed by atoms with E-state index in [2.05, 4.69) is 26.3 Å². The largest absolute Gasteiger partial charge is 0.347 e. The molecule has 0 spiro atoms. The topological polar surface area (TPSA) is 58.1 Å². The summed E-state index contributed by atoms with van der Waals surface area (Å²) < 4.78 is 0. The molecule has 0 unspecified atom stereocenters. The lowest BCUT2D eigenvalue weighted by Gasteiger charge is -2.37. The highest BCUT2D eigenvalue weighted by molar-refractivity contribution is 5.81. The van der Waals surface area contributed by atoms with E-state index in [0.29, 0.717) is 5.92 Å². The zero-order valence-corrected chi connectivity index (χ0v) is 16.6. The molecule has 1 aliphatic rings. The molecule has 3 heterocycles. The van der Waals surface area contributed by atoms with Gasteiger partial charge in [-0.25, -0.2) is 0 Å². The molecule has 0 saturated carbocycles. The van der Waals surface area contributed by atoms with Gasteiger partial charge in [0, 0.05) is 24.4 Å². The fourth-order valence-corrected chi connectivity index (χ4v) is 3.52. The van der Waals surface area contributed by atoms with Crippen molar-refractivity contribution in [2.24, 2.45) is 11.3 Å². The van der Waals surface area contributed by atoms with E-state index in [0.717, 1.165) is 43.9 Å². The zero-order valence-electron chi connectivity index (χ0n) is 16.6. The molecule has 1 saturated heterocycles. The van der Waals surface area contributed by atoms with E-state index in [9.17, 15) is 4.79 Å². The molecule has 2 aromatic heterocycles. The Labute approximate surface area is 162 Å². The molecule has 0 radical (unpaired) electrons. The van der Waals surface area contributed by atoms with E-state index in [-0.39, 0.29) is 11.9 Å². The monoisotopic (exact) mass is 366 g/mol. The van der Waals surface area contributed by atoms with Gasteiger partial charge in [-0.1, -0.05) is 32.9 Å². The van der Waals surface area contributed by atoms with Gasteiger partial charge in [-0.05, 0) is 56.1 Å². The third-order valence-corrected chi connectivity index (χ3v) is 5.19. The van der Waals surface area contributed by atoms with Crippen molar-refractivity contribution in [1.29, 1.82) is 0 Å². The van der Waals surface area contributed by atoms with E-state index >= 15 is 0 Å². The number of hydrogen-bond acceptors (Lipinski definition) is 4. The van der Waals surface area contributed by atoms with Gasteiger partial charge in [0.25, 0.3) is 0 Å². The highest BCUT2D eigenvalue weighted by Crippen LogP contribution is 2.31. The summed E-state index contributed by atoms with van der Waals surface area (Å²) in [6.07, 6.45) is 5.74. The van der Waals surface area contributed by atoms with Gasteiger partial charge in [0.15, 0.2) is 0 Å². The molecule has 2 aromatic rings. The molecule has 1 amide bonds. The minimum atomic E-state index is -0.410. The van der Waals surface area contributed by atoms with E-state index in [4.69, 9.17) is 0 Å². The lowest BCUT2D eigenvalue weighted by molar-refractivity contribution is -0.129. The van der Waals surface area contributed by atoms with Crippen LogP contribution < -0.4 is 5.32 Å². The SMILES string of the molecule is CC(C)(C)C(=O)N[C@@H](c1ccccn1)C1CCN(Cc2ccccn2)CC1. The number of likely N-dealkylation sites (tertiary alicyclic amines) is 1. The summed E-state index contributed by atoms with van der Waals surface area (Å²) in [5, 5.41) is 3.28. The second-order valence-corrected chi connectivity index (χ2v) is 8.39. The molecule has 0 aromatic carbocycles. The van der Waals surface area contributed by atoms with Crippen LogP contribution in [0.1, 0.15) is 51.0 Å². The Bertz CT molecular complexity index is 719. The van der Waals surface area contributed by atoms with Gasteiger partial charge in [-0.3, -0.25) is 19.7 Å². The predicted octanol–water partition coefficient (Wildman–Crippen LogP) is 3.59. The molecule has 0 aliphatic carbocycles. The number of amides is 1. The van der Waals surface area contributed by atoms with Crippen LogP contribution in [0, 0.1) is 11.3 Å². The number of nitrogens with zero attached hydrogens (tertiary/aromatic N) is 3. The summed E-state index contributed by atoms with van der Waals surface area (Å²) in [5.74, 6) is 0.472. The Morgan fingerprint density at radius 2 is 1.78 bits per heavy atom. The first-order chi connectivity index (χ1) is 12.9. The van der Waals surface area contributed by atoms with Crippen LogP contribution in [-0.4, -0.2) is 33.9 Å². The summed E-state index contributed by atoms with van der Waals surface area (Å²) in [5.41, 5.74) is 1.66. The maximum absolute atomic E-state index is 12.6. The molecular formula is C22H30N4O. The number of nitrogens with one attached hydrogen (secondary N) is 1. The van der Waals surface area contributed by atoms with Crippen molar-refractivity contribution in [3.8, 4) is 0 Å². The molecule has 3 rings (SSSR count). The van der Waals surface area contributed by atoms with Gasteiger partial charge in [0.05, 0.1) is 17.4 Å². The normalized spacial score (nSPS) is 17.4. The summed E-state index contributed by atoms with van der Waals surface area (Å²) in [4.78, 5) is 24.1. The maximum atomic E-state index is 12.6. The van der Waals surface area contributed by atoms with Crippen LogP contribution in [0.4, 0.5) is 0 Å². The highest BCUT2D eigenvalue weighted by Gasteiger charge is 2.32. The number of piperidine rings is 1. The molecular weight excluding hydrogens is 336 g/mol. The van der Waals surface area contributed by atoms with Gasteiger partial charge < -0.3 is 5.32 Å². The van der Waals surface area contributed by atoms with Crippen molar-refractivity contribution in [3.05, 3.63) is 60.2 Å². The third-order valence-electron chi connectivity index (χ3n) is 5.19. The maximum Gasteiger partial charge on any atom is 0.225 e. The average Bonchev–Trinajstić information content (AvgIpc) is 2.67. The van der Waals surface area contributed by atoms with Crippen LogP contribution in [0.3, 0.4) is 0 Å². The molecule has 5 nitrogen and oxygen atoms in total. The van der Waals surface area contributed by atoms with E-state index < -0.39 is 5.41 Å². The van der Waals surface area contributed by atoms with Crippen molar-refractivity contribution in [3.63, 3.8) is 0 Å². The van der Waals surface area contributed by atoms with Crippen LogP contribution in [0.5, 0.6) is 0 Å². The van der Waals surface area contributed by atoms with Crippen LogP contribution in [0.15, 0.2) is 48.8 Å². The van der Waals surface area contributed by atoms with Crippen molar-refractivity contribution in [1.82, 2.24) is 20.2 Å². The quantitative estimate of drug-likeness (QED) is 0.878. The Morgan fingerprint density at radius 3 is 2.33 bits per heavy atom. The minimum absolute atomic E-state index is 0.0325. The molecule has 0 bridgehead atoms. The third kappa shape index (κ3) is 5.36. The Balaban J connectivity index is 1.66. The van der Waals surface area contributed by atoms with E-state index in [1.165, 1.54) is 0 Å². The van der Waals surface area contributed by atoms with Crippen LogP contribution >= 0.6 is 0 Å². The molecule has 1 N–H and O–H groups in total. The Hall–Kier alpha value is -2.27. The van der Waals surface area contributed by atoms with Gasteiger partial charge in [0.2, 0.25) is 5.91 Å². The second kappa shape index (κ2) is 8.61. The van der Waals surface area contributed by atoms with E-state index in [1.54, 1.807) is 0 Å². The lowest BCUT2D eigenvalue weighted by atomic mass is 9.86. The lowest BCUT2D eigenvalue weighted by Crippen LogP contribution is -2.44. The van der Waals surface area contributed by atoms with Gasteiger partial charge in [0.1, 0.15) is 0 Å². The summed E-state index contributed by atoms with van der Waals surface area (Å²) in [6.45, 7) is 8.76. The van der Waals surface area contributed by atoms with Crippen molar-refractivity contribution >= 4 is 5.91 Å². The number of hydrogen-bond donors (Lipinski definition) is 1. The van der Waals surface area contributed by atoms with Crippen LogP contribution in [-0.2, 0) is 11.3 Å². The standard InChI is InChI=1S/C22H30N4O/c1-22(2,3)21(27)25-20(19-9-5-7-13-24-19)17-10-14-26(15-11-17)16-18-8-4-6-12-23-18/h4-9,12-13,17,20H,10-11,14-16H2,1-3H3,(H,25,27)/t20-/m1/s1. The molecule has 144 valence electrons. The van der Waals surface area contributed by atoms with Crippen molar-refractivity contribution < 1.29 is 4.79 Å². The first-order valence-electron chi connectivity index (χ1n) is 9.77. The first-order valence-corrected chi connectivity index (χ1v) is 9.77. The minimum Gasteiger partial charge on any atom is -0.347 e. The molecule has 1 fully saturated rings. The highest BCUT2D eigenvalue weighted by atomic mass is 16.2. The molecule has 1 aliphatic heterocycles. The summed E-state index contributed by atoms with van der Waals surface area (Å²) >= 11 is 0. The Morgan fingerprint density at radius 1 is 1.11 bits per heavy atom. The predicted molar refractivity (Wildman–Crippen MR) is 107 cm³/mol. The van der Waals surface area contributed by atoms with Crippen LogP contribution in [0.2, 0.25) is 0 Å². The van der Waals surface area contributed by atoms with Gasteiger partial charge in [-0.15, -0.1) is 0 Å². The summed E-state index contributed by atoms with van der Waals surface area (Å²) in [6, 6.07) is 12.0. The summed E-state index contributed by atoms with van der Waals surface area (Å²) in [7, 11) is 0. The first kappa shape index (κ1) is 19.5. The van der Waals surface area contributed by atoms with Gasteiger partial charge in [-0.2, -0.15) is 0 Å². The second-order valence-electron chi connectivity index (χ2n) is 8.39. The average molecular weight is 367 g/mol. The van der Waals surface area contributed by atoms with Gasteiger partial charge >= 0.3 is 0 Å². The smallest absolute Gasteiger partial charge is 0.225 e. The molecule has 1 atom stereocenters. The fourth-order valence-electron chi connectivity index (χ4n) is 3.52. The number of carbonyl (C=O) groups is 1. The number of carbonyl (C=O) groups excluding carboxylic acids is 1. The van der Waals surface area contributed by atoms with Crippen molar-refractivity contribution in [2.75, 3.05) is 13.1 Å².